The van der Waals surface area contributed by atoms with Crippen LogP contribution in [-0.2, 0) is 36.8 Å². The first kappa shape index (κ1) is 20.9. The van der Waals surface area contributed by atoms with Crippen LogP contribution in [0.1, 0.15) is 83.2 Å². The molecule has 0 aliphatic carbocycles. The predicted octanol–water partition coefficient (Wildman–Crippen LogP) is 5.50. The molecule has 0 unspecified atom stereocenters. The van der Waals surface area contributed by atoms with Crippen molar-refractivity contribution in [1.82, 2.24) is 0 Å². The smallest absolute Gasteiger partial charge is 0.346 e. The lowest BCUT2D eigenvalue weighted by Crippen LogP contribution is -2.20. The Morgan fingerprint density at radius 1 is 0.630 bits per heavy atom. The lowest BCUT2D eigenvalue weighted by atomic mass is 9.81. The van der Waals surface area contributed by atoms with E-state index in [9.17, 15) is 9.59 Å². The van der Waals surface area contributed by atoms with Gasteiger partial charge in [0.2, 0.25) is 0 Å². The van der Waals surface area contributed by atoms with Crippen LogP contribution < -0.4 is 0 Å². The molecule has 0 fully saturated rings. The number of ether oxygens (including phenoxy) is 1. The van der Waals surface area contributed by atoms with E-state index in [2.05, 4.69) is 34.6 Å². The van der Waals surface area contributed by atoms with Gasteiger partial charge in [-0.1, -0.05) is 52.8 Å². The van der Waals surface area contributed by atoms with Crippen LogP contribution in [0.2, 0.25) is 0 Å². The fraction of sp³-hybridized carbons (Fsp3) is 0.417. The quantitative estimate of drug-likeness (QED) is 0.480. The van der Waals surface area contributed by atoms with Crippen LogP contribution in [0.3, 0.4) is 0 Å². The molecule has 3 nitrogen and oxygen atoms in total. The molecule has 0 aliphatic heterocycles. The van der Waals surface area contributed by atoms with Gasteiger partial charge in [0.05, 0.1) is 11.1 Å². The van der Waals surface area contributed by atoms with Crippen molar-refractivity contribution in [2.24, 2.45) is 0 Å². The van der Waals surface area contributed by atoms with Crippen molar-refractivity contribution in [1.29, 1.82) is 0 Å². The van der Waals surface area contributed by atoms with E-state index in [0.717, 1.165) is 43.2 Å². The maximum absolute atomic E-state index is 13.1. The Kier molecular flexibility index (Phi) is 7.35. The van der Waals surface area contributed by atoms with Crippen LogP contribution >= 0.6 is 0 Å². The Bertz CT molecular complexity index is 786. The van der Waals surface area contributed by atoms with E-state index in [1.165, 1.54) is 16.7 Å². The van der Waals surface area contributed by atoms with Crippen LogP contribution in [0.25, 0.3) is 0 Å². The summed E-state index contributed by atoms with van der Waals surface area (Å²) >= 11 is 0. The Morgan fingerprint density at radius 2 is 1.04 bits per heavy atom. The first-order valence-corrected chi connectivity index (χ1v) is 10.0. The summed E-state index contributed by atoms with van der Waals surface area (Å²) < 4.78 is 5.30. The van der Waals surface area contributed by atoms with Crippen LogP contribution in [-0.4, -0.2) is 11.9 Å². The molecule has 0 heterocycles. The monoisotopic (exact) mass is 366 g/mol. The van der Waals surface area contributed by atoms with Gasteiger partial charge in [0.15, 0.2) is 0 Å². The highest BCUT2D eigenvalue weighted by Crippen LogP contribution is 2.32. The second-order valence-electron chi connectivity index (χ2n) is 6.58. The number of benzene rings is 2. The zero-order valence-electron chi connectivity index (χ0n) is 17.1. The summed E-state index contributed by atoms with van der Waals surface area (Å²) in [6.45, 7) is 10.6. The van der Waals surface area contributed by atoms with Gasteiger partial charge in [-0.3, -0.25) is 0 Å². The number of rotatable bonds is 7. The molecular weight excluding hydrogens is 336 g/mol. The normalized spacial score (nSPS) is 10.7. The third-order valence-corrected chi connectivity index (χ3v) is 5.23. The molecule has 0 saturated carbocycles. The highest BCUT2D eigenvalue weighted by Gasteiger charge is 2.26. The molecule has 0 atom stereocenters. The minimum Gasteiger partial charge on any atom is -0.386 e. The van der Waals surface area contributed by atoms with Crippen molar-refractivity contribution in [3.05, 3.63) is 69.3 Å². The van der Waals surface area contributed by atoms with Crippen LogP contribution in [0, 0.1) is 0 Å². The van der Waals surface area contributed by atoms with Crippen LogP contribution in [0.15, 0.2) is 30.3 Å². The summed E-state index contributed by atoms with van der Waals surface area (Å²) in [5.74, 6) is -1.12. The van der Waals surface area contributed by atoms with E-state index in [-0.39, 0.29) is 0 Å². The van der Waals surface area contributed by atoms with Crippen molar-refractivity contribution in [2.45, 2.75) is 66.7 Å². The van der Waals surface area contributed by atoms with Crippen molar-refractivity contribution in [2.75, 3.05) is 0 Å². The fourth-order valence-corrected chi connectivity index (χ4v) is 4.11. The fourth-order valence-electron chi connectivity index (χ4n) is 4.11. The maximum Gasteiger partial charge on any atom is 0.346 e. The average molecular weight is 367 g/mol. The molecule has 2 aromatic carbocycles. The SMILES string of the molecule is CCc1c(CC)c(CC)c(C(=O)OC(=O)c2ccccc2)c(CC)c1CC. The third kappa shape index (κ3) is 4.13. The summed E-state index contributed by atoms with van der Waals surface area (Å²) in [7, 11) is 0. The zero-order valence-corrected chi connectivity index (χ0v) is 17.1. The van der Waals surface area contributed by atoms with Gasteiger partial charge in [0.25, 0.3) is 0 Å². The summed E-state index contributed by atoms with van der Waals surface area (Å²) in [5, 5.41) is 0. The molecule has 0 aromatic heterocycles. The summed E-state index contributed by atoms with van der Waals surface area (Å²) in [4.78, 5) is 25.5. The Balaban J connectivity index is 2.60. The first-order valence-electron chi connectivity index (χ1n) is 10.0. The van der Waals surface area contributed by atoms with Gasteiger partial charge in [-0.25, -0.2) is 9.59 Å². The third-order valence-electron chi connectivity index (χ3n) is 5.23. The van der Waals surface area contributed by atoms with Gasteiger partial charge in [-0.15, -0.1) is 0 Å². The molecule has 2 rings (SSSR count). The second-order valence-corrected chi connectivity index (χ2v) is 6.58. The Hall–Kier alpha value is -2.42. The first-order chi connectivity index (χ1) is 13.0. The maximum atomic E-state index is 13.1. The lowest BCUT2D eigenvalue weighted by Gasteiger charge is -2.24. The molecular formula is C24H30O3. The van der Waals surface area contributed by atoms with E-state index >= 15 is 0 Å². The van der Waals surface area contributed by atoms with Crippen molar-refractivity contribution in [3.8, 4) is 0 Å². The summed E-state index contributed by atoms with van der Waals surface area (Å²) in [6.07, 6.45) is 4.19. The van der Waals surface area contributed by atoms with Crippen LogP contribution in [0.4, 0.5) is 0 Å². The number of carbonyl (C=O) groups is 2. The van der Waals surface area contributed by atoms with Gasteiger partial charge >= 0.3 is 11.9 Å². The molecule has 0 N–H and O–H groups in total. The zero-order chi connectivity index (χ0) is 20.0. The van der Waals surface area contributed by atoms with E-state index in [0.29, 0.717) is 11.1 Å². The van der Waals surface area contributed by atoms with E-state index in [1.807, 2.05) is 6.07 Å². The highest BCUT2D eigenvalue weighted by atomic mass is 16.6. The summed E-state index contributed by atoms with van der Waals surface area (Å²) in [6, 6.07) is 8.67. The largest absolute Gasteiger partial charge is 0.386 e. The van der Waals surface area contributed by atoms with Gasteiger partial charge in [0.1, 0.15) is 0 Å². The second kappa shape index (κ2) is 9.50. The number of esters is 2. The van der Waals surface area contributed by atoms with Crippen molar-refractivity contribution < 1.29 is 14.3 Å². The topological polar surface area (TPSA) is 43.4 Å². The number of carbonyl (C=O) groups excluding carboxylic acids is 2. The molecule has 0 bridgehead atoms. The summed E-state index contributed by atoms with van der Waals surface area (Å²) in [5.41, 5.74) is 6.92. The van der Waals surface area contributed by atoms with Gasteiger partial charge in [0, 0.05) is 0 Å². The molecule has 27 heavy (non-hydrogen) atoms. The Labute approximate surface area is 162 Å². The van der Waals surface area contributed by atoms with Crippen molar-refractivity contribution in [3.63, 3.8) is 0 Å². The van der Waals surface area contributed by atoms with Gasteiger partial charge in [-0.2, -0.15) is 0 Å². The molecule has 2 aromatic rings. The average Bonchev–Trinajstić information content (AvgIpc) is 2.71. The lowest BCUT2D eigenvalue weighted by molar-refractivity contribution is 0.0396. The predicted molar refractivity (Wildman–Crippen MR) is 110 cm³/mol. The molecule has 3 heteroatoms. The Morgan fingerprint density at radius 3 is 1.44 bits per heavy atom. The molecule has 0 radical (unpaired) electrons. The van der Waals surface area contributed by atoms with Gasteiger partial charge in [-0.05, 0) is 72.1 Å². The standard InChI is InChI=1S/C24H30O3/c1-6-17-18(7-2)20(9-4)22(21(10-5)19(17)8-3)24(26)27-23(25)16-14-12-11-13-15-16/h11-15H,6-10H2,1-5H3. The van der Waals surface area contributed by atoms with Crippen LogP contribution in [0.5, 0.6) is 0 Å². The molecule has 0 saturated heterocycles. The molecule has 0 aliphatic rings. The number of hydrogen-bond acceptors (Lipinski definition) is 3. The minimum atomic E-state index is -0.597. The van der Waals surface area contributed by atoms with E-state index in [4.69, 9.17) is 4.74 Å². The van der Waals surface area contributed by atoms with E-state index < -0.39 is 11.9 Å². The minimum absolute atomic E-state index is 0.388. The highest BCUT2D eigenvalue weighted by molar-refractivity contribution is 6.04. The molecule has 0 amide bonds. The number of hydrogen-bond donors (Lipinski definition) is 0. The molecule has 144 valence electrons. The van der Waals surface area contributed by atoms with E-state index in [1.54, 1.807) is 24.3 Å². The van der Waals surface area contributed by atoms with Crippen molar-refractivity contribution >= 4 is 11.9 Å². The van der Waals surface area contributed by atoms with Gasteiger partial charge < -0.3 is 4.74 Å². The molecule has 0 spiro atoms.